The molecule has 0 amide bonds. The van der Waals surface area contributed by atoms with Crippen LogP contribution in [0.25, 0.3) is 10.9 Å². The van der Waals surface area contributed by atoms with E-state index < -0.39 is 0 Å². The molecule has 0 spiro atoms. The van der Waals surface area contributed by atoms with Crippen molar-refractivity contribution in [1.82, 2.24) is 10.3 Å². The average molecular weight is 232 g/mol. The lowest BCUT2D eigenvalue weighted by Gasteiger charge is -2.29. The summed E-state index contributed by atoms with van der Waals surface area (Å²) in [6.45, 7) is 0.131. The molecule has 17 heavy (non-hydrogen) atoms. The zero-order valence-corrected chi connectivity index (χ0v) is 9.48. The molecular formula is C13H16N2O2. The first-order valence-electron chi connectivity index (χ1n) is 5.90. The summed E-state index contributed by atoms with van der Waals surface area (Å²) in [6.07, 6.45) is 0.798. The van der Waals surface area contributed by atoms with Crippen LogP contribution in [0.3, 0.4) is 0 Å². The average Bonchev–Trinajstić information content (AvgIpc) is 2.76. The Morgan fingerprint density at radius 3 is 2.76 bits per heavy atom. The molecule has 3 rings (SSSR count). The lowest BCUT2D eigenvalue weighted by atomic mass is 9.94. The summed E-state index contributed by atoms with van der Waals surface area (Å²) in [4.78, 5) is 3.36. The monoisotopic (exact) mass is 232 g/mol. The van der Waals surface area contributed by atoms with Gasteiger partial charge in [-0.3, -0.25) is 0 Å². The van der Waals surface area contributed by atoms with Crippen molar-refractivity contribution in [3.63, 3.8) is 0 Å². The number of benzene rings is 1. The number of fused-ring (bicyclic) bond motifs is 3. The minimum Gasteiger partial charge on any atom is -0.395 e. The number of hydrogen-bond donors (Lipinski definition) is 4. The molecule has 4 nitrogen and oxygen atoms in total. The van der Waals surface area contributed by atoms with Gasteiger partial charge in [-0.15, -0.1) is 0 Å². The second-order valence-corrected chi connectivity index (χ2v) is 4.55. The molecule has 4 heteroatoms. The number of aliphatic hydroxyl groups is 2. The van der Waals surface area contributed by atoms with Crippen LogP contribution in [0.1, 0.15) is 17.3 Å². The minimum absolute atomic E-state index is 0.0267. The molecular weight excluding hydrogens is 216 g/mol. The molecule has 2 heterocycles. The predicted octanol–water partition coefficient (Wildman–Crippen LogP) is 0.708. The Balaban J connectivity index is 2.15. The summed E-state index contributed by atoms with van der Waals surface area (Å²) in [5.41, 5.74) is 3.37. The van der Waals surface area contributed by atoms with Gasteiger partial charge in [0.15, 0.2) is 0 Å². The van der Waals surface area contributed by atoms with Gasteiger partial charge in [-0.2, -0.15) is 0 Å². The van der Waals surface area contributed by atoms with Crippen molar-refractivity contribution in [1.29, 1.82) is 0 Å². The van der Waals surface area contributed by atoms with Crippen molar-refractivity contribution >= 4 is 10.9 Å². The standard InChI is InChI=1S/C13H16N2O2/c16-6-8-5-10-9-3-1-2-4-11(9)15-13(10)12(7-17)14-8/h1-4,8,12,14-17H,5-7H2. The molecule has 1 aliphatic heterocycles. The number of rotatable bonds is 2. The van der Waals surface area contributed by atoms with Gasteiger partial charge in [-0.25, -0.2) is 0 Å². The highest BCUT2D eigenvalue weighted by atomic mass is 16.3. The second-order valence-electron chi connectivity index (χ2n) is 4.55. The molecule has 1 aromatic carbocycles. The normalized spacial score (nSPS) is 23.9. The molecule has 0 saturated carbocycles. The topological polar surface area (TPSA) is 68.3 Å². The number of aromatic amines is 1. The molecule has 4 N–H and O–H groups in total. The maximum absolute atomic E-state index is 9.41. The van der Waals surface area contributed by atoms with Crippen molar-refractivity contribution in [2.45, 2.75) is 18.5 Å². The fourth-order valence-electron chi connectivity index (χ4n) is 2.67. The van der Waals surface area contributed by atoms with E-state index in [2.05, 4.69) is 16.4 Å². The molecule has 0 saturated heterocycles. The van der Waals surface area contributed by atoms with Crippen LogP contribution in [0.2, 0.25) is 0 Å². The zero-order chi connectivity index (χ0) is 11.8. The number of aromatic nitrogens is 1. The first kappa shape index (κ1) is 10.8. The van der Waals surface area contributed by atoms with E-state index in [0.29, 0.717) is 0 Å². The molecule has 0 bridgehead atoms. The molecule has 2 unspecified atom stereocenters. The first-order valence-corrected chi connectivity index (χ1v) is 5.90. The summed E-state index contributed by atoms with van der Waals surface area (Å²) >= 11 is 0. The maximum atomic E-state index is 9.41. The molecule has 0 fully saturated rings. The smallest absolute Gasteiger partial charge is 0.0713 e. The van der Waals surface area contributed by atoms with Crippen LogP contribution >= 0.6 is 0 Å². The number of aliphatic hydroxyl groups excluding tert-OH is 2. The molecule has 0 aliphatic carbocycles. The van der Waals surface area contributed by atoms with Gasteiger partial charge in [0.1, 0.15) is 0 Å². The summed E-state index contributed by atoms with van der Waals surface area (Å²) in [5, 5.41) is 23.1. The first-order chi connectivity index (χ1) is 8.33. The van der Waals surface area contributed by atoms with E-state index in [1.54, 1.807) is 0 Å². The third-order valence-electron chi connectivity index (χ3n) is 3.49. The van der Waals surface area contributed by atoms with Crippen LogP contribution < -0.4 is 5.32 Å². The minimum atomic E-state index is -0.108. The Labute approximate surface area is 99.3 Å². The molecule has 1 aliphatic rings. The van der Waals surface area contributed by atoms with Crippen LogP contribution in [-0.4, -0.2) is 34.5 Å². The highest BCUT2D eigenvalue weighted by Gasteiger charge is 2.28. The number of para-hydroxylation sites is 1. The molecule has 0 radical (unpaired) electrons. The van der Waals surface area contributed by atoms with E-state index in [-0.39, 0.29) is 25.3 Å². The van der Waals surface area contributed by atoms with E-state index in [1.165, 1.54) is 10.9 Å². The van der Waals surface area contributed by atoms with E-state index >= 15 is 0 Å². The summed E-state index contributed by atoms with van der Waals surface area (Å²) < 4.78 is 0. The largest absolute Gasteiger partial charge is 0.395 e. The van der Waals surface area contributed by atoms with Crippen LogP contribution in [0.15, 0.2) is 24.3 Å². The van der Waals surface area contributed by atoms with Gasteiger partial charge in [0, 0.05) is 22.6 Å². The van der Waals surface area contributed by atoms with E-state index in [9.17, 15) is 10.2 Å². The van der Waals surface area contributed by atoms with E-state index in [4.69, 9.17) is 0 Å². The lowest BCUT2D eigenvalue weighted by Crippen LogP contribution is -2.43. The number of nitrogens with one attached hydrogen (secondary N) is 2. The molecule has 90 valence electrons. The zero-order valence-electron chi connectivity index (χ0n) is 9.48. The quantitative estimate of drug-likeness (QED) is 0.616. The Morgan fingerprint density at radius 1 is 1.18 bits per heavy atom. The second kappa shape index (κ2) is 4.14. The Kier molecular flexibility index (Phi) is 2.63. The highest BCUT2D eigenvalue weighted by molar-refractivity contribution is 5.85. The van der Waals surface area contributed by atoms with Crippen LogP contribution in [-0.2, 0) is 6.42 Å². The summed E-state index contributed by atoms with van der Waals surface area (Å²) in [6, 6.07) is 8.05. The number of hydrogen-bond acceptors (Lipinski definition) is 3. The van der Waals surface area contributed by atoms with Crippen LogP contribution in [0.4, 0.5) is 0 Å². The maximum Gasteiger partial charge on any atom is 0.0713 e. The lowest BCUT2D eigenvalue weighted by molar-refractivity contribution is 0.183. The predicted molar refractivity (Wildman–Crippen MR) is 65.8 cm³/mol. The van der Waals surface area contributed by atoms with Gasteiger partial charge < -0.3 is 20.5 Å². The third-order valence-corrected chi connectivity index (χ3v) is 3.49. The van der Waals surface area contributed by atoms with Crippen LogP contribution in [0, 0.1) is 0 Å². The fourth-order valence-corrected chi connectivity index (χ4v) is 2.67. The summed E-state index contributed by atoms with van der Waals surface area (Å²) in [5.74, 6) is 0. The van der Waals surface area contributed by atoms with E-state index in [0.717, 1.165) is 17.6 Å². The van der Waals surface area contributed by atoms with Crippen molar-refractivity contribution in [3.8, 4) is 0 Å². The van der Waals surface area contributed by atoms with Gasteiger partial charge in [0.2, 0.25) is 0 Å². The summed E-state index contributed by atoms with van der Waals surface area (Å²) in [7, 11) is 0. The van der Waals surface area contributed by atoms with E-state index in [1.807, 2.05) is 18.2 Å². The Hall–Kier alpha value is -1.36. The molecule has 2 atom stereocenters. The fraction of sp³-hybridized carbons (Fsp3) is 0.385. The molecule has 1 aromatic heterocycles. The number of H-pyrrole nitrogens is 1. The van der Waals surface area contributed by atoms with Crippen molar-refractivity contribution < 1.29 is 10.2 Å². The highest BCUT2D eigenvalue weighted by Crippen LogP contribution is 2.31. The van der Waals surface area contributed by atoms with Crippen molar-refractivity contribution in [2.24, 2.45) is 0 Å². The van der Waals surface area contributed by atoms with Gasteiger partial charge in [-0.05, 0) is 18.1 Å². The Morgan fingerprint density at radius 2 is 2.00 bits per heavy atom. The third kappa shape index (κ3) is 1.65. The van der Waals surface area contributed by atoms with Gasteiger partial charge >= 0.3 is 0 Å². The molecule has 2 aromatic rings. The van der Waals surface area contributed by atoms with Gasteiger partial charge in [-0.1, -0.05) is 18.2 Å². The van der Waals surface area contributed by atoms with Crippen LogP contribution in [0.5, 0.6) is 0 Å². The van der Waals surface area contributed by atoms with Gasteiger partial charge in [0.05, 0.1) is 19.3 Å². The van der Waals surface area contributed by atoms with Crippen molar-refractivity contribution in [3.05, 3.63) is 35.5 Å². The Bertz CT molecular complexity index is 535. The SMILES string of the molecule is OCC1Cc2c([nH]c3ccccc23)C(CO)N1. The van der Waals surface area contributed by atoms with Crippen molar-refractivity contribution in [2.75, 3.05) is 13.2 Å². The van der Waals surface area contributed by atoms with Gasteiger partial charge in [0.25, 0.3) is 0 Å².